The number of benzene rings is 1. The Bertz CT molecular complexity index is 224. The van der Waals surface area contributed by atoms with Gasteiger partial charge in [-0.25, -0.2) is 0 Å². The monoisotopic (exact) mass is 130 g/mol. The SMILES string of the molecule is [N]=CC=Cc1ccccc1. The van der Waals surface area contributed by atoms with Gasteiger partial charge in [-0.2, -0.15) is 5.41 Å². The van der Waals surface area contributed by atoms with Gasteiger partial charge < -0.3 is 0 Å². The zero-order chi connectivity index (χ0) is 7.23. The molecule has 0 N–H and O–H groups in total. The van der Waals surface area contributed by atoms with E-state index in [1.165, 1.54) is 0 Å². The summed E-state index contributed by atoms with van der Waals surface area (Å²) < 4.78 is 0. The van der Waals surface area contributed by atoms with Gasteiger partial charge in [-0.1, -0.05) is 36.4 Å². The largest absolute Gasteiger partial charge is 0.159 e. The number of hydrogen-bond acceptors (Lipinski definition) is 0. The highest BCUT2D eigenvalue weighted by Gasteiger charge is 1.78. The minimum atomic E-state index is 1.02. The summed E-state index contributed by atoms with van der Waals surface area (Å²) in [5, 5.41) is 8.32. The van der Waals surface area contributed by atoms with Gasteiger partial charge in [-0.05, 0) is 11.6 Å². The molecule has 1 aromatic rings. The molecule has 0 aliphatic carbocycles. The van der Waals surface area contributed by atoms with Gasteiger partial charge in [0, 0.05) is 6.21 Å². The summed E-state index contributed by atoms with van der Waals surface area (Å²) in [6.45, 7) is 0. The average Bonchev–Trinajstić information content (AvgIpc) is 2.03. The lowest BCUT2D eigenvalue weighted by atomic mass is 10.2. The van der Waals surface area contributed by atoms with Gasteiger partial charge in [0.15, 0.2) is 0 Å². The van der Waals surface area contributed by atoms with Crippen LogP contribution in [-0.2, 0) is 0 Å². The van der Waals surface area contributed by atoms with Gasteiger partial charge in [0.1, 0.15) is 0 Å². The molecule has 0 saturated heterocycles. The van der Waals surface area contributed by atoms with Crippen LogP contribution in [0.2, 0.25) is 0 Å². The van der Waals surface area contributed by atoms with Crippen LogP contribution < -0.4 is 5.41 Å². The van der Waals surface area contributed by atoms with Gasteiger partial charge >= 0.3 is 0 Å². The van der Waals surface area contributed by atoms with Crippen molar-refractivity contribution in [2.45, 2.75) is 0 Å². The number of allylic oxidation sites excluding steroid dienone is 1. The fraction of sp³-hybridized carbons (Fsp3) is 0. The fourth-order valence-electron chi connectivity index (χ4n) is 0.718. The van der Waals surface area contributed by atoms with Crippen LogP contribution in [0.5, 0.6) is 0 Å². The minimum Gasteiger partial charge on any atom is -0.159 e. The highest BCUT2D eigenvalue weighted by atomic mass is 14.3. The maximum atomic E-state index is 8.32. The molecule has 10 heavy (non-hydrogen) atoms. The predicted molar refractivity (Wildman–Crippen MR) is 43.7 cm³/mol. The third-order valence-corrected chi connectivity index (χ3v) is 1.17. The summed E-state index contributed by atoms with van der Waals surface area (Å²) in [5.41, 5.74) is 1.09. The van der Waals surface area contributed by atoms with Gasteiger partial charge in [0.25, 0.3) is 0 Å². The molecule has 0 heterocycles. The molecule has 1 aromatic carbocycles. The van der Waals surface area contributed by atoms with Crippen molar-refractivity contribution in [3.63, 3.8) is 0 Å². The van der Waals surface area contributed by atoms with E-state index in [9.17, 15) is 0 Å². The van der Waals surface area contributed by atoms with Crippen molar-refractivity contribution in [3.05, 3.63) is 42.0 Å². The lowest BCUT2D eigenvalue weighted by molar-refractivity contribution is 1.66. The van der Waals surface area contributed by atoms with Crippen LogP contribution in [-0.4, -0.2) is 6.21 Å². The second-order valence-electron chi connectivity index (χ2n) is 1.92. The molecule has 0 fully saturated rings. The maximum absolute atomic E-state index is 8.32. The molecule has 0 unspecified atom stereocenters. The number of nitrogens with zero attached hydrogens (tertiary/aromatic N) is 1. The van der Waals surface area contributed by atoms with Crippen molar-refractivity contribution in [3.8, 4) is 0 Å². The first-order valence-corrected chi connectivity index (χ1v) is 3.12. The third kappa shape index (κ3) is 1.86. The van der Waals surface area contributed by atoms with Crippen molar-refractivity contribution < 1.29 is 0 Å². The topological polar surface area (TPSA) is 22.3 Å². The molecule has 49 valence electrons. The van der Waals surface area contributed by atoms with E-state index in [-0.39, 0.29) is 0 Å². The van der Waals surface area contributed by atoms with Crippen molar-refractivity contribution in [2.75, 3.05) is 0 Å². The van der Waals surface area contributed by atoms with Crippen molar-refractivity contribution in [1.29, 1.82) is 0 Å². The van der Waals surface area contributed by atoms with E-state index in [2.05, 4.69) is 0 Å². The Morgan fingerprint density at radius 2 is 1.80 bits per heavy atom. The van der Waals surface area contributed by atoms with Crippen LogP contribution in [0, 0.1) is 0 Å². The molecule has 0 aromatic heterocycles. The Hall–Kier alpha value is -1.37. The summed E-state index contributed by atoms with van der Waals surface area (Å²) >= 11 is 0. The lowest BCUT2D eigenvalue weighted by Crippen LogP contribution is -1.68. The van der Waals surface area contributed by atoms with Crippen LogP contribution in [0.4, 0.5) is 0 Å². The molecular formula is C9H8N. The Balaban J connectivity index is 2.76. The highest BCUT2D eigenvalue weighted by Crippen LogP contribution is 1.99. The lowest BCUT2D eigenvalue weighted by Gasteiger charge is -1.86. The van der Waals surface area contributed by atoms with Crippen LogP contribution >= 0.6 is 0 Å². The predicted octanol–water partition coefficient (Wildman–Crippen LogP) is 1.57. The highest BCUT2D eigenvalue weighted by molar-refractivity contribution is 5.76. The number of hydrogen-bond donors (Lipinski definition) is 0. The van der Waals surface area contributed by atoms with Gasteiger partial charge in [-0.3, -0.25) is 0 Å². The molecule has 0 amide bonds. The first kappa shape index (κ1) is 6.75. The molecule has 1 nitrogen and oxygen atoms in total. The second-order valence-corrected chi connectivity index (χ2v) is 1.92. The van der Waals surface area contributed by atoms with Crippen LogP contribution in [0.15, 0.2) is 36.4 Å². The van der Waals surface area contributed by atoms with E-state index < -0.39 is 0 Å². The smallest absolute Gasteiger partial charge is 0.0495 e. The van der Waals surface area contributed by atoms with Crippen molar-refractivity contribution in [2.24, 2.45) is 0 Å². The molecular weight excluding hydrogens is 122 g/mol. The second kappa shape index (κ2) is 3.62. The molecule has 1 rings (SSSR count). The Kier molecular flexibility index (Phi) is 2.44. The van der Waals surface area contributed by atoms with E-state index in [1.54, 1.807) is 6.08 Å². The summed E-state index contributed by atoms with van der Waals surface area (Å²) in [6.07, 6.45) is 4.45. The Labute approximate surface area is 60.5 Å². The third-order valence-electron chi connectivity index (χ3n) is 1.17. The van der Waals surface area contributed by atoms with Gasteiger partial charge in [0.2, 0.25) is 0 Å². The normalized spacial score (nSPS) is 10.0. The van der Waals surface area contributed by atoms with Gasteiger partial charge in [0.05, 0.1) is 0 Å². The molecule has 0 bridgehead atoms. The summed E-state index contributed by atoms with van der Waals surface area (Å²) in [5.74, 6) is 0. The van der Waals surface area contributed by atoms with Crippen LogP contribution in [0.25, 0.3) is 6.08 Å². The van der Waals surface area contributed by atoms with Crippen LogP contribution in [0.3, 0.4) is 0 Å². The molecule has 0 aliphatic rings. The van der Waals surface area contributed by atoms with E-state index in [1.807, 2.05) is 36.4 Å². The van der Waals surface area contributed by atoms with E-state index in [0.717, 1.165) is 11.8 Å². The Morgan fingerprint density at radius 3 is 2.40 bits per heavy atom. The molecule has 1 heteroatoms. The number of rotatable bonds is 2. The van der Waals surface area contributed by atoms with E-state index >= 15 is 0 Å². The molecule has 0 saturated carbocycles. The van der Waals surface area contributed by atoms with Crippen molar-refractivity contribution >= 4 is 12.3 Å². The van der Waals surface area contributed by atoms with E-state index in [0.29, 0.717) is 0 Å². The first-order valence-electron chi connectivity index (χ1n) is 3.12. The minimum absolute atomic E-state index is 1.02. The maximum Gasteiger partial charge on any atom is 0.0495 e. The Morgan fingerprint density at radius 1 is 1.10 bits per heavy atom. The zero-order valence-electron chi connectivity index (χ0n) is 5.57. The van der Waals surface area contributed by atoms with Crippen molar-refractivity contribution in [1.82, 2.24) is 5.41 Å². The molecule has 0 atom stereocenters. The molecule has 1 radical (unpaired) electrons. The van der Waals surface area contributed by atoms with Gasteiger partial charge in [-0.15, -0.1) is 0 Å². The van der Waals surface area contributed by atoms with Crippen LogP contribution in [0.1, 0.15) is 5.56 Å². The summed E-state index contributed by atoms with van der Waals surface area (Å²) in [7, 11) is 0. The molecule has 0 aliphatic heterocycles. The fourth-order valence-corrected chi connectivity index (χ4v) is 0.718. The summed E-state index contributed by atoms with van der Waals surface area (Å²) in [4.78, 5) is 0. The summed E-state index contributed by atoms with van der Waals surface area (Å²) in [6, 6.07) is 9.81. The average molecular weight is 130 g/mol. The quantitative estimate of drug-likeness (QED) is 0.542. The van der Waals surface area contributed by atoms with E-state index in [4.69, 9.17) is 5.41 Å². The standard InChI is InChI=1S/C9H8N/c10-8-4-7-9-5-2-1-3-6-9/h1-8H. The molecule has 0 spiro atoms. The zero-order valence-corrected chi connectivity index (χ0v) is 5.57. The first-order chi connectivity index (χ1) is 4.93.